The smallest absolute Gasteiger partial charge is 0.360 e. The number of carbonyl (C=O) groups is 1. The Balaban J connectivity index is 1.84. The van der Waals surface area contributed by atoms with Gasteiger partial charge in [-0.25, -0.2) is 0 Å². The van der Waals surface area contributed by atoms with Gasteiger partial charge in [0.1, 0.15) is 11.6 Å². The number of para-hydroxylation sites is 1. The zero-order chi connectivity index (χ0) is 20.3. The Morgan fingerprint density at radius 1 is 1.25 bits per heavy atom. The van der Waals surface area contributed by atoms with Gasteiger partial charge in [-0.1, -0.05) is 29.8 Å². The van der Waals surface area contributed by atoms with Gasteiger partial charge in [0, 0.05) is 24.1 Å². The third kappa shape index (κ3) is 4.12. The summed E-state index contributed by atoms with van der Waals surface area (Å²) in [4.78, 5) is 14.3. The second kappa shape index (κ2) is 7.95. The second-order valence-electron chi connectivity index (χ2n) is 6.20. The lowest BCUT2D eigenvalue weighted by atomic mass is 10.0. The molecule has 0 atom stereocenters. The van der Waals surface area contributed by atoms with Crippen LogP contribution in [0, 0.1) is 11.3 Å². The van der Waals surface area contributed by atoms with E-state index in [4.69, 9.17) is 11.6 Å². The van der Waals surface area contributed by atoms with E-state index in [-0.39, 0.29) is 11.3 Å². The van der Waals surface area contributed by atoms with Crippen molar-refractivity contribution in [2.24, 2.45) is 0 Å². The van der Waals surface area contributed by atoms with Gasteiger partial charge in [0.05, 0.1) is 10.6 Å². The number of fused-ring (bicyclic) bond motifs is 1. The van der Waals surface area contributed by atoms with E-state index in [1.807, 2.05) is 30.3 Å². The zero-order valence-electron chi connectivity index (χ0n) is 14.6. The summed E-state index contributed by atoms with van der Waals surface area (Å²) in [5.74, 6) is -0.507. The molecular formula is C20H15ClF3N3O. The Labute approximate surface area is 164 Å². The molecule has 0 aliphatic carbocycles. The molecule has 0 saturated carbocycles. The molecule has 0 saturated heterocycles. The molecule has 0 bridgehead atoms. The SMILES string of the molecule is N#C/C(=C/Nc1ccc(Cl)c(C(F)(F)F)c1)C(=O)N1CCCc2ccccc21. The summed E-state index contributed by atoms with van der Waals surface area (Å²) in [6.07, 6.45) is -1.89. The monoisotopic (exact) mass is 405 g/mol. The Morgan fingerprint density at radius 2 is 2.00 bits per heavy atom. The van der Waals surface area contributed by atoms with Crippen LogP contribution in [0.2, 0.25) is 5.02 Å². The van der Waals surface area contributed by atoms with Gasteiger partial charge in [0.2, 0.25) is 0 Å². The van der Waals surface area contributed by atoms with Crippen molar-refractivity contribution in [3.05, 3.63) is 70.4 Å². The number of anilines is 2. The maximum atomic E-state index is 13.0. The molecule has 1 aliphatic heterocycles. The lowest BCUT2D eigenvalue weighted by molar-refractivity contribution is -0.137. The second-order valence-corrected chi connectivity index (χ2v) is 6.60. The van der Waals surface area contributed by atoms with E-state index >= 15 is 0 Å². The molecule has 28 heavy (non-hydrogen) atoms. The normalized spacial score (nSPS) is 14.2. The number of halogens is 4. The van der Waals surface area contributed by atoms with E-state index in [9.17, 15) is 23.2 Å². The number of nitriles is 1. The van der Waals surface area contributed by atoms with E-state index in [0.717, 1.165) is 42.4 Å². The van der Waals surface area contributed by atoms with Gasteiger partial charge in [0.15, 0.2) is 0 Å². The number of carbonyl (C=O) groups excluding carboxylic acids is 1. The molecule has 4 nitrogen and oxygen atoms in total. The van der Waals surface area contributed by atoms with Crippen LogP contribution in [-0.2, 0) is 17.4 Å². The van der Waals surface area contributed by atoms with Crippen molar-refractivity contribution in [2.75, 3.05) is 16.8 Å². The predicted octanol–water partition coefficient (Wildman–Crippen LogP) is 5.16. The van der Waals surface area contributed by atoms with E-state index in [0.29, 0.717) is 6.54 Å². The predicted molar refractivity (Wildman–Crippen MR) is 101 cm³/mol. The first-order valence-corrected chi connectivity index (χ1v) is 8.82. The number of nitrogens with zero attached hydrogens (tertiary/aromatic N) is 2. The first-order valence-electron chi connectivity index (χ1n) is 8.44. The molecule has 3 rings (SSSR count). The maximum Gasteiger partial charge on any atom is 0.417 e. The minimum absolute atomic E-state index is 0.0660. The molecule has 0 spiro atoms. The molecule has 2 aromatic carbocycles. The van der Waals surface area contributed by atoms with Crippen LogP contribution in [0.4, 0.5) is 24.5 Å². The molecule has 8 heteroatoms. The molecule has 2 aromatic rings. The summed E-state index contributed by atoms with van der Waals surface area (Å²) in [5, 5.41) is 11.5. The largest absolute Gasteiger partial charge is 0.417 e. The summed E-state index contributed by atoms with van der Waals surface area (Å²) in [5.41, 5.74) is 0.615. The lowest BCUT2D eigenvalue weighted by Gasteiger charge is -2.29. The molecule has 1 N–H and O–H groups in total. The zero-order valence-corrected chi connectivity index (χ0v) is 15.3. The highest BCUT2D eigenvalue weighted by Gasteiger charge is 2.33. The van der Waals surface area contributed by atoms with Crippen molar-refractivity contribution in [3.8, 4) is 6.07 Å². The van der Waals surface area contributed by atoms with Crippen LogP contribution in [0.5, 0.6) is 0 Å². The van der Waals surface area contributed by atoms with E-state index in [1.54, 1.807) is 0 Å². The Bertz CT molecular complexity index is 979. The Kier molecular flexibility index (Phi) is 5.61. The van der Waals surface area contributed by atoms with Gasteiger partial charge >= 0.3 is 6.18 Å². The first-order chi connectivity index (χ1) is 13.3. The highest BCUT2D eigenvalue weighted by molar-refractivity contribution is 6.31. The van der Waals surface area contributed by atoms with Crippen molar-refractivity contribution in [3.63, 3.8) is 0 Å². The maximum absolute atomic E-state index is 13.0. The number of aryl methyl sites for hydroxylation is 1. The highest BCUT2D eigenvalue weighted by Crippen LogP contribution is 2.36. The number of hydrogen-bond donors (Lipinski definition) is 1. The molecule has 0 aromatic heterocycles. The van der Waals surface area contributed by atoms with Gasteiger partial charge < -0.3 is 10.2 Å². The van der Waals surface area contributed by atoms with Crippen LogP contribution in [0.3, 0.4) is 0 Å². The van der Waals surface area contributed by atoms with Crippen LogP contribution in [0.15, 0.2) is 54.2 Å². The minimum atomic E-state index is -4.61. The van der Waals surface area contributed by atoms with E-state index in [1.165, 1.54) is 11.0 Å². The van der Waals surface area contributed by atoms with Gasteiger partial charge in [-0.05, 0) is 42.7 Å². The van der Waals surface area contributed by atoms with Crippen LogP contribution in [0.1, 0.15) is 17.5 Å². The van der Waals surface area contributed by atoms with Crippen LogP contribution < -0.4 is 10.2 Å². The summed E-state index contributed by atoms with van der Waals surface area (Å²) in [7, 11) is 0. The van der Waals surface area contributed by atoms with Gasteiger partial charge in [-0.3, -0.25) is 4.79 Å². The molecule has 1 heterocycles. The van der Waals surface area contributed by atoms with E-state index < -0.39 is 22.7 Å². The molecule has 0 fully saturated rings. The summed E-state index contributed by atoms with van der Waals surface area (Å²) < 4.78 is 38.9. The Morgan fingerprint density at radius 3 is 2.71 bits per heavy atom. The fourth-order valence-corrected chi connectivity index (χ4v) is 3.24. The van der Waals surface area contributed by atoms with Crippen LogP contribution in [0.25, 0.3) is 0 Å². The number of benzene rings is 2. The molecule has 1 aliphatic rings. The average molecular weight is 406 g/mol. The number of amides is 1. The standard InChI is InChI=1S/C20H15ClF3N3O/c21-17-8-7-15(10-16(17)20(22,23)24)26-12-14(11-25)19(28)27-9-3-5-13-4-1-2-6-18(13)27/h1-2,4,6-8,10,12,26H,3,5,9H2/b14-12-. The van der Waals surface area contributed by atoms with Gasteiger partial charge in [-0.15, -0.1) is 0 Å². The molecular weight excluding hydrogens is 391 g/mol. The molecule has 144 valence electrons. The first kappa shape index (κ1) is 19.8. The lowest BCUT2D eigenvalue weighted by Crippen LogP contribution is -2.36. The van der Waals surface area contributed by atoms with Crippen molar-refractivity contribution in [1.82, 2.24) is 0 Å². The van der Waals surface area contributed by atoms with Crippen molar-refractivity contribution in [2.45, 2.75) is 19.0 Å². The Hall–Kier alpha value is -2.98. The van der Waals surface area contributed by atoms with Crippen LogP contribution >= 0.6 is 11.6 Å². The summed E-state index contributed by atoms with van der Waals surface area (Å²) >= 11 is 5.59. The quantitative estimate of drug-likeness (QED) is 0.567. The minimum Gasteiger partial charge on any atom is -0.360 e. The van der Waals surface area contributed by atoms with Crippen molar-refractivity contribution >= 4 is 28.9 Å². The fraction of sp³-hybridized carbons (Fsp3) is 0.200. The highest BCUT2D eigenvalue weighted by atomic mass is 35.5. The molecule has 0 radical (unpaired) electrons. The average Bonchev–Trinajstić information content (AvgIpc) is 2.68. The third-order valence-electron chi connectivity index (χ3n) is 4.36. The molecule has 1 amide bonds. The van der Waals surface area contributed by atoms with Gasteiger partial charge in [0.25, 0.3) is 5.91 Å². The number of hydrogen-bond acceptors (Lipinski definition) is 3. The number of rotatable bonds is 3. The fourth-order valence-electron chi connectivity index (χ4n) is 3.02. The van der Waals surface area contributed by atoms with Crippen molar-refractivity contribution < 1.29 is 18.0 Å². The topological polar surface area (TPSA) is 56.1 Å². The summed E-state index contributed by atoms with van der Waals surface area (Å²) in [6, 6.07) is 12.5. The summed E-state index contributed by atoms with van der Waals surface area (Å²) in [6.45, 7) is 0.466. The number of alkyl halides is 3. The number of nitrogens with one attached hydrogen (secondary N) is 1. The molecule has 0 unspecified atom stereocenters. The van der Waals surface area contributed by atoms with E-state index in [2.05, 4.69) is 5.32 Å². The van der Waals surface area contributed by atoms with Gasteiger partial charge in [-0.2, -0.15) is 18.4 Å². The van der Waals surface area contributed by atoms with Crippen molar-refractivity contribution in [1.29, 1.82) is 5.26 Å². The third-order valence-corrected chi connectivity index (χ3v) is 4.69. The van der Waals surface area contributed by atoms with Crippen LogP contribution in [-0.4, -0.2) is 12.5 Å².